The maximum atomic E-state index is 11.8. The van der Waals surface area contributed by atoms with E-state index in [1.165, 1.54) is 6.33 Å². The SMILES string of the molecule is CCNC(=O)Nc1ccc([C@@H]2O[C@H](CSc3ncn[nH]3)C[C@H](c3ccc(CO)cc3)O2)cc1. The molecule has 1 aromatic heterocycles. The number of urea groups is 1. The minimum absolute atomic E-state index is 0.00461. The summed E-state index contributed by atoms with van der Waals surface area (Å²) < 4.78 is 12.6. The maximum Gasteiger partial charge on any atom is 0.319 e. The minimum atomic E-state index is -0.555. The Kier molecular flexibility index (Phi) is 7.95. The number of thioether (sulfide) groups is 1. The number of carbonyl (C=O) groups excluding carboxylic acids is 1. The zero-order chi connectivity index (χ0) is 23.0. The van der Waals surface area contributed by atoms with Crippen LogP contribution in [0.25, 0.3) is 0 Å². The number of H-pyrrole nitrogens is 1. The molecule has 4 N–H and O–H groups in total. The Bertz CT molecular complexity index is 1010. The number of nitrogens with one attached hydrogen (secondary N) is 3. The molecule has 0 saturated carbocycles. The number of aromatic nitrogens is 3. The van der Waals surface area contributed by atoms with E-state index in [0.29, 0.717) is 24.4 Å². The number of anilines is 1. The molecular formula is C23H27N5O4S. The average Bonchev–Trinajstić information content (AvgIpc) is 3.37. The molecule has 2 aromatic carbocycles. The number of aromatic amines is 1. The van der Waals surface area contributed by atoms with Crippen LogP contribution in [0.5, 0.6) is 0 Å². The molecular weight excluding hydrogens is 442 g/mol. The summed E-state index contributed by atoms with van der Waals surface area (Å²) in [5.74, 6) is 0.692. The van der Waals surface area contributed by atoms with Gasteiger partial charge < -0.3 is 25.2 Å². The monoisotopic (exact) mass is 469 g/mol. The van der Waals surface area contributed by atoms with Crippen molar-refractivity contribution < 1.29 is 19.4 Å². The molecule has 4 rings (SSSR count). The summed E-state index contributed by atoms with van der Waals surface area (Å²) in [6.07, 6.45) is 1.38. The van der Waals surface area contributed by atoms with Gasteiger partial charge in [0, 0.05) is 30.0 Å². The predicted molar refractivity (Wildman–Crippen MR) is 125 cm³/mol. The van der Waals surface area contributed by atoms with Crippen LogP contribution in [-0.4, -0.2) is 44.7 Å². The Hall–Kier alpha value is -2.92. The first-order chi connectivity index (χ1) is 16.1. The summed E-state index contributed by atoms with van der Waals surface area (Å²) in [5.41, 5.74) is 3.44. The van der Waals surface area contributed by atoms with Crippen molar-refractivity contribution in [3.05, 3.63) is 71.5 Å². The number of benzene rings is 2. The highest BCUT2D eigenvalue weighted by Gasteiger charge is 2.32. The van der Waals surface area contributed by atoms with Gasteiger partial charge in [-0.3, -0.25) is 5.10 Å². The molecule has 2 amide bonds. The molecule has 174 valence electrons. The van der Waals surface area contributed by atoms with Crippen molar-refractivity contribution >= 4 is 23.5 Å². The lowest BCUT2D eigenvalue weighted by atomic mass is 10.0. The molecule has 0 unspecified atom stereocenters. The second kappa shape index (κ2) is 11.3. The molecule has 1 saturated heterocycles. The molecule has 1 aliphatic heterocycles. The van der Waals surface area contributed by atoms with Gasteiger partial charge in [-0.2, -0.15) is 5.10 Å². The van der Waals surface area contributed by atoms with Crippen molar-refractivity contribution in [1.29, 1.82) is 0 Å². The van der Waals surface area contributed by atoms with Crippen LogP contribution >= 0.6 is 11.8 Å². The fourth-order valence-corrected chi connectivity index (χ4v) is 4.32. The number of amides is 2. The Morgan fingerprint density at radius 2 is 1.91 bits per heavy atom. The van der Waals surface area contributed by atoms with Crippen LogP contribution in [-0.2, 0) is 16.1 Å². The molecule has 33 heavy (non-hydrogen) atoms. The highest BCUT2D eigenvalue weighted by atomic mass is 32.2. The molecule has 2 heterocycles. The summed E-state index contributed by atoms with van der Waals surface area (Å²) in [7, 11) is 0. The number of ether oxygens (including phenoxy) is 2. The maximum absolute atomic E-state index is 11.8. The van der Waals surface area contributed by atoms with E-state index in [-0.39, 0.29) is 24.8 Å². The quantitative estimate of drug-likeness (QED) is 0.371. The first-order valence-electron chi connectivity index (χ1n) is 10.8. The van der Waals surface area contributed by atoms with Crippen LogP contribution in [0.4, 0.5) is 10.5 Å². The first kappa shape index (κ1) is 23.2. The van der Waals surface area contributed by atoms with Gasteiger partial charge in [-0.25, -0.2) is 9.78 Å². The molecule has 1 fully saturated rings. The zero-order valence-electron chi connectivity index (χ0n) is 18.2. The second-order valence-corrected chi connectivity index (χ2v) is 8.57. The van der Waals surface area contributed by atoms with Gasteiger partial charge in [-0.15, -0.1) is 0 Å². The van der Waals surface area contributed by atoms with E-state index in [4.69, 9.17) is 9.47 Å². The minimum Gasteiger partial charge on any atom is -0.392 e. The lowest BCUT2D eigenvalue weighted by molar-refractivity contribution is -0.245. The highest BCUT2D eigenvalue weighted by molar-refractivity contribution is 7.99. The number of hydrogen-bond donors (Lipinski definition) is 4. The summed E-state index contributed by atoms with van der Waals surface area (Å²) >= 11 is 1.55. The summed E-state index contributed by atoms with van der Waals surface area (Å²) in [6.45, 7) is 2.43. The van der Waals surface area contributed by atoms with E-state index in [1.807, 2.05) is 55.5 Å². The van der Waals surface area contributed by atoms with Crippen molar-refractivity contribution in [2.24, 2.45) is 0 Å². The smallest absolute Gasteiger partial charge is 0.319 e. The summed E-state index contributed by atoms with van der Waals surface area (Å²) in [6, 6.07) is 15.0. The van der Waals surface area contributed by atoms with Crippen LogP contribution in [0.2, 0.25) is 0 Å². The van der Waals surface area contributed by atoms with Gasteiger partial charge in [0.15, 0.2) is 11.4 Å². The van der Waals surface area contributed by atoms with Crippen molar-refractivity contribution in [3.63, 3.8) is 0 Å². The number of nitrogens with zero attached hydrogens (tertiary/aromatic N) is 2. The summed E-state index contributed by atoms with van der Waals surface area (Å²) in [4.78, 5) is 15.9. The third kappa shape index (κ3) is 6.32. The molecule has 1 aliphatic rings. The third-order valence-corrected chi connectivity index (χ3v) is 6.20. The van der Waals surface area contributed by atoms with Gasteiger partial charge in [-0.1, -0.05) is 48.2 Å². The number of aliphatic hydroxyl groups is 1. The average molecular weight is 470 g/mol. The predicted octanol–water partition coefficient (Wildman–Crippen LogP) is 3.78. The highest BCUT2D eigenvalue weighted by Crippen LogP contribution is 2.39. The van der Waals surface area contributed by atoms with Crippen molar-refractivity contribution in [3.8, 4) is 0 Å². The Morgan fingerprint density at radius 3 is 2.58 bits per heavy atom. The van der Waals surface area contributed by atoms with Crippen LogP contribution in [0.1, 0.15) is 42.4 Å². The van der Waals surface area contributed by atoms with E-state index < -0.39 is 6.29 Å². The molecule has 3 atom stereocenters. The van der Waals surface area contributed by atoms with Gasteiger partial charge in [0.25, 0.3) is 0 Å². The van der Waals surface area contributed by atoms with Crippen LogP contribution in [0.3, 0.4) is 0 Å². The molecule has 0 bridgehead atoms. The Labute approximate surface area is 196 Å². The van der Waals surface area contributed by atoms with E-state index in [1.54, 1.807) is 11.8 Å². The molecule has 0 radical (unpaired) electrons. The zero-order valence-corrected chi connectivity index (χ0v) is 19.0. The van der Waals surface area contributed by atoms with E-state index in [0.717, 1.165) is 21.8 Å². The first-order valence-corrected chi connectivity index (χ1v) is 11.8. The Morgan fingerprint density at radius 1 is 1.15 bits per heavy atom. The van der Waals surface area contributed by atoms with Gasteiger partial charge in [0.2, 0.25) is 0 Å². The van der Waals surface area contributed by atoms with Crippen molar-refractivity contribution in [1.82, 2.24) is 20.5 Å². The molecule has 3 aromatic rings. The largest absolute Gasteiger partial charge is 0.392 e. The topological polar surface area (TPSA) is 121 Å². The van der Waals surface area contributed by atoms with Crippen LogP contribution in [0.15, 0.2) is 60.0 Å². The fourth-order valence-electron chi connectivity index (χ4n) is 3.52. The normalized spacial score (nSPS) is 20.4. The van der Waals surface area contributed by atoms with Gasteiger partial charge >= 0.3 is 6.03 Å². The van der Waals surface area contributed by atoms with Crippen LogP contribution in [0, 0.1) is 0 Å². The third-order valence-electron chi connectivity index (χ3n) is 5.19. The lowest BCUT2D eigenvalue weighted by Gasteiger charge is -2.36. The Balaban J connectivity index is 1.49. The number of rotatable bonds is 8. The number of aliphatic hydroxyl groups excluding tert-OH is 1. The van der Waals surface area contributed by atoms with Crippen molar-refractivity contribution in [2.75, 3.05) is 17.6 Å². The number of carbonyl (C=O) groups is 1. The summed E-state index contributed by atoms with van der Waals surface area (Å²) in [5, 5.41) is 22.3. The van der Waals surface area contributed by atoms with Gasteiger partial charge in [-0.05, 0) is 30.2 Å². The van der Waals surface area contributed by atoms with Gasteiger partial charge in [0.05, 0.1) is 18.8 Å². The number of hydrogen-bond acceptors (Lipinski definition) is 7. The van der Waals surface area contributed by atoms with Crippen molar-refractivity contribution in [2.45, 2.75) is 43.6 Å². The van der Waals surface area contributed by atoms with Crippen LogP contribution < -0.4 is 10.6 Å². The van der Waals surface area contributed by atoms with Gasteiger partial charge in [0.1, 0.15) is 6.33 Å². The molecule has 0 spiro atoms. The lowest BCUT2D eigenvalue weighted by Crippen LogP contribution is -2.31. The second-order valence-electron chi connectivity index (χ2n) is 7.56. The fraction of sp³-hybridized carbons (Fsp3) is 0.348. The molecule has 10 heteroatoms. The van der Waals surface area contributed by atoms with E-state index >= 15 is 0 Å². The molecule has 9 nitrogen and oxygen atoms in total. The molecule has 0 aliphatic carbocycles. The van der Waals surface area contributed by atoms with E-state index in [9.17, 15) is 9.90 Å². The standard InChI is InChI=1S/C23H27N5O4S/c1-2-24-22(30)27-18-9-7-17(8-10-18)21-31-19(13-33-23-25-14-26-28-23)11-20(32-21)16-5-3-15(12-29)4-6-16/h3-10,14,19-21,29H,2,11-13H2,1H3,(H2,24,27,30)(H,25,26,28)/t19-,20+,21+/m0/s1. The van der Waals surface area contributed by atoms with E-state index in [2.05, 4.69) is 25.8 Å².